The Morgan fingerprint density at radius 2 is 1.90 bits per heavy atom. The minimum Gasteiger partial charge on any atom is -0.467 e. The summed E-state index contributed by atoms with van der Waals surface area (Å²) in [7, 11) is 0. The molecule has 2 N–H and O–H groups in total. The molecule has 0 saturated carbocycles. The number of hydrogen-bond acceptors (Lipinski definition) is 5. The summed E-state index contributed by atoms with van der Waals surface area (Å²) in [5.41, 5.74) is 0.501. The molecule has 2 amide bonds. The fourth-order valence-corrected chi connectivity index (χ4v) is 3.41. The Morgan fingerprint density at radius 1 is 1.20 bits per heavy atom. The Morgan fingerprint density at radius 3 is 2.50 bits per heavy atom. The summed E-state index contributed by atoms with van der Waals surface area (Å²) in [6.07, 6.45) is 2.90. The summed E-state index contributed by atoms with van der Waals surface area (Å²) in [6, 6.07) is 8.98. The van der Waals surface area contributed by atoms with Gasteiger partial charge in [-0.25, -0.2) is 0 Å². The summed E-state index contributed by atoms with van der Waals surface area (Å²) in [5, 5.41) is 5.66. The summed E-state index contributed by atoms with van der Waals surface area (Å²) >= 11 is 0. The van der Waals surface area contributed by atoms with Gasteiger partial charge in [0.05, 0.1) is 18.8 Å². The van der Waals surface area contributed by atoms with E-state index >= 15 is 0 Å². The van der Waals surface area contributed by atoms with E-state index in [1.165, 1.54) is 24.3 Å². The van der Waals surface area contributed by atoms with Gasteiger partial charge in [-0.3, -0.25) is 14.5 Å². The van der Waals surface area contributed by atoms with E-state index < -0.39 is 6.61 Å². The number of anilines is 1. The zero-order valence-corrected chi connectivity index (χ0v) is 16.6. The van der Waals surface area contributed by atoms with Gasteiger partial charge in [0.25, 0.3) is 0 Å². The lowest BCUT2D eigenvalue weighted by Crippen LogP contribution is -2.48. The number of furan rings is 1. The van der Waals surface area contributed by atoms with Crippen LogP contribution >= 0.6 is 0 Å². The first-order valence-electron chi connectivity index (χ1n) is 9.82. The Balaban J connectivity index is 1.43. The SMILES string of the molecule is CC(C(=O)Nc1ccc(OC(F)F)cc1)N1CCC(C(=O)NCc2ccco2)CC1. The smallest absolute Gasteiger partial charge is 0.387 e. The summed E-state index contributed by atoms with van der Waals surface area (Å²) in [6.45, 7) is 0.552. The molecule has 3 rings (SSSR count). The van der Waals surface area contributed by atoms with Gasteiger partial charge in [0.1, 0.15) is 11.5 Å². The van der Waals surface area contributed by atoms with Crippen LogP contribution in [0.5, 0.6) is 5.75 Å². The van der Waals surface area contributed by atoms with Crippen molar-refractivity contribution < 1.29 is 27.5 Å². The lowest BCUT2D eigenvalue weighted by Gasteiger charge is -2.34. The van der Waals surface area contributed by atoms with Crippen LogP contribution in [0.3, 0.4) is 0 Å². The second-order valence-corrected chi connectivity index (χ2v) is 7.18. The Bertz CT molecular complexity index is 819. The molecule has 1 aliphatic heterocycles. The van der Waals surface area contributed by atoms with Crippen LogP contribution in [-0.2, 0) is 16.1 Å². The number of nitrogens with zero attached hydrogens (tertiary/aromatic N) is 1. The number of carbonyl (C=O) groups is 2. The molecule has 0 radical (unpaired) electrons. The molecule has 2 heterocycles. The molecular formula is C21H25F2N3O4. The molecule has 1 unspecified atom stereocenters. The average Bonchev–Trinajstić information content (AvgIpc) is 3.26. The van der Waals surface area contributed by atoms with E-state index in [2.05, 4.69) is 15.4 Å². The van der Waals surface area contributed by atoms with Gasteiger partial charge < -0.3 is 19.8 Å². The maximum absolute atomic E-state index is 12.5. The molecule has 0 bridgehead atoms. The van der Waals surface area contributed by atoms with Gasteiger partial charge in [-0.15, -0.1) is 0 Å². The van der Waals surface area contributed by atoms with Crippen LogP contribution in [0.1, 0.15) is 25.5 Å². The molecule has 30 heavy (non-hydrogen) atoms. The first-order chi connectivity index (χ1) is 14.4. The predicted molar refractivity (Wildman–Crippen MR) is 106 cm³/mol. The predicted octanol–water partition coefficient (Wildman–Crippen LogP) is 3.24. The number of amides is 2. The van der Waals surface area contributed by atoms with Gasteiger partial charge >= 0.3 is 6.61 Å². The van der Waals surface area contributed by atoms with Crippen molar-refractivity contribution >= 4 is 17.5 Å². The number of piperidine rings is 1. The van der Waals surface area contributed by atoms with E-state index in [-0.39, 0.29) is 29.5 Å². The maximum atomic E-state index is 12.5. The maximum Gasteiger partial charge on any atom is 0.387 e. The normalized spacial score (nSPS) is 16.3. The molecule has 2 aromatic rings. The molecule has 162 valence electrons. The minimum atomic E-state index is -2.89. The highest BCUT2D eigenvalue weighted by molar-refractivity contribution is 5.94. The van der Waals surface area contributed by atoms with Crippen LogP contribution in [0.4, 0.5) is 14.5 Å². The van der Waals surface area contributed by atoms with Gasteiger partial charge in [0.2, 0.25) is 11.8 Å². The van der Waals surface area contributed by atoms with Gasteiger partial charge in [-0.2, -0.15) is 8.78 Å². The van der Waals surface area contributed by atoms with Gasteiger partial charge in [-0.05, 0) is 69.3 Å². The number of hydrogen-bond donors (Lipinski definition) is 2. The molecule has 7 nitrogen and oxygen atoms in total. The Hall–Kier alpha value is -2.94. The molecule has 1 atom stereocenters. The monoisotopic (exact) mass is 421 g/mol. The molecule has 1 fully saturated rings. The quantitative estimate of drug-likeness (QED) is 0.684. The highest BCUT2D eigenvalue weighted by atomic mass is 19.3. The lowest BCUT2D eigenvalue weighted by molar-refractivity contribution is -0.127. The van der Waals surface area contributed by atoms with Crippen LogP contribution in [-0.4, -0.2) is 42.5 Å². The van der Waals surface area contributed by atoms with Crippen molar-refractivity contribution in [2.24, 2.45) is 5.92 Å². The van der Waals surface area contributed by atoms with Crippen LogP contribution in [0.2, 0.25) is 0 Å². The van der Waals surface area contributed by atoms with Crippen molar-refractivity contribution in [2.75, 3.05) is 18.4 Å². The molecular weight excluding hydrogens is 396 g/mol. The van der Waals surface area contributed by atoms with Crippen molar-refractivity contribution in [3.05, 3.63) is 48.4 Å². The van der Waals surface area contributed by atoms with E-state index in [4.69, 9.17) is 4.42 Å². The van der Waals surface area contributed by atoms with Crippen molar-refractivity contribution in [1.29, 1.82) is 0 Å². The number of carbonyl (C=O) groups excluding carboxylic acids is 2. The second kappa shape index (κ2) is 10.2. The van der Waals surface area contributed by atoms with E-state index in [1.54, 1.807) is 19.3 Å². The zero-order chi connectivity index (χ0) is 21.5. The Kier molecular flexibility index (Phi) is 7.40. The third-order valence-corrected chi connectivity index (χ3v) is 5.19. The van der Waals surface area contributed by atoms with E-state index in [0.29, 0.717) is 43.9 Å². The van der Waals surface area contributed by atoms with E-state index in [9.17, 15) is 18.4 Å². The first kappa shape index (κ1) is 21.8. The van der Waals surface area contributed by atoms with Crippen LogP contribution in [0.15, 0.2) is 47.1 Å². The number of likely N-dealkylation sites (tertiary alicyclic amines) is 1. The lowest BCUT2D eigenvalue weighted by atomic mass is 9.95. The molecule has 1 aliphatic rings. The second-order valence-electron chi connectivity index (χ2n) is 7.18. The van der Waals surface area contributed by atoms with Crippen LogP contribution < -0.4 is 15.4 Å². The number of nitrogens with one attached hydrogen (secondary N) is 2. The largest absolute Gasteiger partial charge is 0.467 e. The fourth-order valence-electron chi connectivity index (χ4n) is 3.41. The first-order valence-corrected chi connectivity index (χ1v) is 9.82. The van der Waals surface area contributed by atoms with Crippen LogP contribution in [0.25, 0.3) is 0 Å². The highest BCUT2D eigenvalue weighted by Gasteiger charge is 2.29. The van der Waals surface area contributed by atoms with Crippen molar-refractivity contribution in [3.63, 3.8) is 0 Å². The minimum absolute atomic E-state index is 0.00531. The molecule has 0 aliphatic carbocycles. The highest BCUT2D eigenvalue weighted by Crippen LogP contribution is 2.21. The molecule has 1 aromatic heterocycles. The van der Waals surface area contributed by atoms with Crippen molar-refractivity contribution in [3.8, 4) is 5.75 Å². The average molecular weight is 421 g/mol. The molecule has 1 saturated heterocycles. The third kappa shape index (κ3) is 6.03. The number of alkyl halides is 2. The number of benzene rings is 1. The molecule has 0 spiro atoms. The van der Waals surface area contributed by atoms with Gasteiger partial charge in [0, 0.05) is 11.6 Å². The molecule has 1 aromatic carbocycles. The Labute approximate surface area is 173 Å². The summed E-state index contributed by atoms with van der Waals surface area (Å²) in [5.74, 6) is 0.449. The summed E-state index contributed by atoms with van der Waals surface area (Å²) in [4.78, 5) is 26.9. The third-order valence-electron chi connectivity index (χ3n) is 5.19. The summed E-state index contributed by atoms with van der Waals surface area (Å²) < 4.78 is 33.9. The number of halogens is 2. The van der Waals surface area contributed by atoms with Crippen LogP contribution in [0, 0.1) is 5.92 Å². The van der Waals surface area contributed by atoms with Gasteiger partial charge in [0.15, 0.2) is 0 Å². The van der Waals surface area contributed by atoms with E-state index in [0.717, 1.165) is 0 Å². The number of ether oxygens (including phenoxy) is 1. The molecule has 9 heteroatoms. The van der Waals surface area contributed by atoms with E-state index in [1.807, 2.05) is 11.0 Å². The topological polar surface area (TPSA) is 83.8 Å². The standard InChI is InChI=1S/C21H25F2N3O4/c1-14(19(27)25-16-4-6-17(7-5-16)30-21(22)23)26-10-8-15(9-11-26)20(28)24-13-18-3-2-12-29-18/h2-7,12,14-15,21H,8-11,13H2,1H3,(H,24,28)(H,25,27). The fraction of sp³-hybridized carbons (Fsp3) is 0.429. The number of rotatable bonds is 8. The van der Waals surface area contributed by atoms with Gasteiger partial charge in [-0.1, -0.05) is 0 Å². The van der Waals surface area contributed by atoms with Crippen molar-refractivity contribution in [1.82, 2.24) is 10.2 Å². The van der Waals surface area contributed by atoms with Crippen molar-refractivity contribution in [2.45, 2.75) is 39.0 Å². The zero-order valence-electron chi connectivity index (χ0n) is 16.6.